The van der Waals surface area contributed by atoms with Crippen LogP contribution in [0.2, 0.25) is 10.0 Å². The van der Waals surface area contributed by atoms with Gasteiger partial charge in [-0.25, -0.2) is 0 Å². The van der Waals surface area contributed by atoms with Crippen LogP contribution in [0.4, 0.5) is 0 Å². The molecule has 5 heteroatoms. The minimum atomic E-state index is -0.228. The Bertz CT molecular complexity index is 486. The molecule has 1 aliphatic carbocycles. The highest BCUT2D eigenvalue weighted by Crippen LogP contribution is 2.43. The van der Waals surface area contributed by atoms with Crippen LogP contribution in [0.15, 0.2) is 17.3 Å². The predicted octanol–water partition coefficient (Wildman–Crippen LogP) is 3.82. The number of hydrogen-bond acceptors (Lipinski definition) is 3. The van der Waals surface area contributed by atoms with Gasteiger partial charge in [-0.15, -0.1) is 0 Å². The fourth-order valence-corrected chi connectivity index (χ4v) is 3.77. The molecule has 3 rings (SSSR count). The molecule has 1 unspecified atom stereocenters. The Morgan fingerprint density at radius 3 is 2.61 bits per heavy atom. The van der Waals surface area contributed by atoms with Crippen molar-refractivity contribution in [3.8, 4) is 0 Å². The van der Waals surface area contributed by atoms with Crippen molar-refractivity contribution in [1.29, 1.82) is 0 Å². The molecule has 1 saturated heterocycles. The van der Waals surface area contributed by atoms with E-state index in [1.54, 1.807) is 6.07 Å². The van der Waals surface area contributed by atoms with E-state index in [0.717, 1.165) is 24.2 Å². The van der Waals surface area contributed by atoms with Crippen molar-refractivity contribution < 1.29 is 0 Å². The van der Waals surface area contributed by atoms with Gasteiger partial charge in [-0.3, -0.25) is 4.90 Å². The average Bonchev–Trinajstić information content (AvgIpc) is 2.94. The lowest BCUT2D eigenvalue weighted by atomic mass is 10.1. The standard InChI is InChI=1S/C13H14Cl2N2O/c14-8-5-10-9(11(15)6-8)7-12(16-18)13(10)17-3-1-2-4-17/h5-6,12-13H,1-4,7H2/t12-,13?/m1/s1. The van der Waals surface area contributed by atoms with E-state index in [1.807, 2.05) is 6.07 Å². The molecular formula is C13H14Cl2N2O. The summed E-state index contributed by atoms with van der Waals surface area (Å²) >= 11 is 12.3. The van der Waals surface area contributed by atoms with Gasteiger partial charge in [0, 0.05) is 16.5 Å². The van der Waals surface area contributed by atoms with E-state index < -0.39 is 0 Å². The molecule has 0 bridgehead atoms. The van der Waals surface area contributed by atoms with Gasteiger partial charge in [0.25, 0.3) is 0 Å². The number of likely N-dealkylation sites (tertiary alicyclic amines) is 1. The monoisotopic (exact) mass is 284 g/mol. The van der Waals surface area contributed by atoms with Gasteiger partial charge in [0.05, 0.1) is 6.04 Å². The van der Waals surface area contributed by atoms with Gasteiger partial charge in [0.2, 0.25) is 0 Å². The third kappa shape index (κ3) is 1.94. The lowest BCUT2D eigenvalue weighted by Crippen LogP contribution is -2.30. The van der Waals surface area contributed by atoms with E-state index in [9.17, 15) is 4.91 Å². The van der Waals surface area contributed by atoms with Gasteiger partial charge in [0.1, 0.15) is 6.04 Å². The number of nitrogens with zero attached hydrogens (tertiary/aromatic N) is 2. The van der Waals surface area contributed by atoms with Crippen LogP contribution in [0.5, 0.6) is 0 Å². The van der Waals surface area contributed by atoms with Crippen molar-refractivity contribution in [1.82, 2.24) is 4.90 Å². The van der Waals surface area contributed by atoms with Crippen LogP contribution in [0.1, 0.15) is 30.0 Å². The summed E-state index contributed by atoms with van der Waals surface area (Å²) in [6.45, 7) is 2.06. The molecule has 0 saturated carbocycles. The number of hydrogen-bond donors (Lipinski definition) is 0. The Kier molecular flexibility index (Phi) is 3.31. The minimum Gasteiger partial charge on any atom is -0.294 e. The molecule has 1 aromatic rings. The quantitative estimate of drug-likeness (QED) is 0.774. The summed E-state index contributed by atoms with van der Waals surface area (Å²) in [7, 11) is 0. The molecule has 2 aliphatic rings. The van der Waals surface area contributed by atoms with Gasteiger partial charge >= 0.3 is 0 Å². The molecule has 18 heavy (non-hydrogen) atoms. The van der Waals surface area contributed by atoms with Crippen molar-refractivity contribution in [2.24, 2.45) is 5.18 Å². The summed E-state index contributed by atoms with van der Waals surface area (Å²) in [4.78, 5) is 13.4. The lowest BCUT2D eigenvalue weighted by molar-refractivity contribution is 0.225. The van der Waals surface area contributed by atoms with E-state index in [1.165, 1.54) is 12.8 Å². The average molecular weight is 285 g/mol. The Morgan fingerprint density at radius 1 is 1.22 bits per heavy atom. The number of halogens is 2. The predicted molar refractivity (Wildman–Crippen MR) is 73.3 cm³/mol. The maximum atomic E-state index is 11.1. The van der Waals surface area contributed by atoms with Gasteiger partial charge in [-0.1, -0.05) is 28.4 Å². The Balaban J connectivity index is 2.05. The molecule has 1 heterocycles. The first kappa shape index (κ1) is 12.4. The first-order valence-electron chi connectivity index (χ1n) is 6.25. The third-order valence-corrected chi connectivity index (χ3v) is 4.52. The van der Waals surface area contributed by atoms with Crippen molar-refractivity contribution in [3.63, 3.8) is 0 Å². The molecule has 2 atom stereocenters. The Hall–Kier alpha value is -0.640. The van der Waals surface area contributed by atoms with Gasteiger partial charge < -0.3 is 0 Å². The molecule has 3 nitrogen and oxygen atoms in total. The Labute approximate surface area is 116 Å². The molecule has 1 aliphatic heterocycles. The first-order chi connectivity index (χ1) is 8.70. The van der Waals surface area contributed by atoms with Crippen LogP contribution < -0.4 is 0 Å². The van der Waals surface area contributed by atoms with Gasteiger partial charge in [0.15, 0.2) is 0 Å². The number of nitroso groups, excluding NO2 is 1. The van der Waals surface area contributed by atoms with E-state index in [2.05, 4.69) is 10.1 Å². The highest BCUT2D eigenvalue weighted by atomic mass is 35.5. The Morgan fingerprint density at radius 2 is 1.94 bits per heavy atom. The van der Waals surface area contributed by atoms with Crippen LogP contribution in [0.3, 0.4) is 0 Å². The van der Waals surface area contributed by atoms with E-state index in [-0.39, 0.29) is 12.1 Å². The zero-order valence-electron chi connectivity index (χ0n) is 9.90. The molecule has 0 N–H and O–H groups in total. The van der Waals surface area contributed by atoms with Crippen LogP contribution >= 0.6 is 23.2 Å². The lowest BCUT2D eigenvalue weighted by Gasteiger charge is -2.26. The molecular weight excluding hydrogens is 271 g/mol. The van der Waals surface area contributed by atoms with Crippen LogP contribution in [-0.2, 0) is 6.42 Å². The summed E-state index contributed by atoms with van der Waals surface area (Å²) in [6.07, 6.45) is 3.01. The highest BCUT2D eigenvalue weighted by molar-refractivity contribution is 6.35. The number of benzene rings is 1. The zero-order valence-corrected chi connectivity index (χ0v) is 11.4. The maximum absolute atomic E-state index is 11.1. The summed E-state index contributed by atoms with van der Waals surface area (Å²) in [5.41, 5.74) is 2.14. The normalized spacial score (nSPS) is 27.4. The van der Waals surface area contributed by atoms with E-state index >= 15 is 0 Å². The third-order valence-electron chi connectivity index (χ3n) is 3.96. The fraction of sp³-hybridized carbons (Fsp3) is 0.538. The second-order valence-corrected chi connectivity index (χ2v) is 5.86. The maximum Gasteiger partial charge on any atom is 0.116 e. The number of rotatable bonds is 2. The summed E-state index contributed by atoms with van der Waals surface area (Å²) in [6, 6.07) is 3.53. The summed E-state index contributed by atoms with van der Waals surface area (Å²) in [5.74, 6) is 0. The molecule has 0 aromatic heterocycles. The molecule has 0 radical (unpaired) electrons. The SMILES string of the molecule is O=N[C@@H]1Cc2c(Cl)cc(Cl)cc2C1N1CCCC1. The largest absolute Gasteiger partial charge is 0.294 e. The zero-order chi connectivity index (χ0) is 12.7. The molecule has 1 fully saturated rings. The number of fused-ring (bicyclic) bond motifs is 1. The van der Waals surface area contributed by atoms with Crippen LogP contribution in [-0.4, -0.2) is 24.0 Å². The van der Waals surface area contributed by atoms with Crippen molar-refractivity contribution in [2.45, 2.75) is 31.3 Å². The summed E-state index contributed by atoms with van der Waals surface area (Å²) in [5, 5.41) is 4.60. The smallest absolute Gasteiger partial charge is 0.116 e. The highest BCUT2D eigenvalue weighted by Gasteiger charge is 2.39. The van der Waals surface area contributed by atoms with Gasteiger partial charge in [-0.05, 0) is 49.2 Å². The fourth-order valence-electron chi connectivity index (χ4n) is 3.19. The van der Waals surface area contributed by atoms with E-state index in [0.29, 0.717) is 16.5 Å². The molecule has 0 spiro atoms. The second kappa shape index (κ2) is 4.80. The molecule has 0 amide bonds. The first-order valence-corrected chi connectivity index (χ1v) is 7.00. The second-order valence-electron chi connectivity index (χ2n) is 5.02. The summed E-state index contributed by atoms with van der Waals surface area (Å²) < 4.78 is 0. The van der Waals surface area contributed by atoms with Crippen molar-refractivity contribution in [2.75, 3.05) is 13.1 Å². The van der Waals surface area contributed by atoms with Crippen molar-refractivity contribution >= 4 is 23.2 Å². The van der Waals surface area contributed by atoms with E-state index in [4.69, 9.17) is 23.2 Å². The molecule has 96 valence electrons. The van der Waals surface area contributed by atoms with Gasteiger partial charge in [-0.2, -0.15) is 4.91 Å². The molecule has 1 aromatic carbocycles. The topological polar surface area (TPSA) is 32.7 Å². The minimum absolute atomic E-state index is 0.0659. The van der Waals surface area contributed by atoms with Crippen LogP contribution in [0.25, 0.3) is 0 Å². The van der Waals surface area contributed by atoms with Crippen LogP contribution in [0, 0.1) is 4.91 Å². The van der Waals surface area contributed by atoms with Crippen molar-refractivity contribution in [3.05, 3.63) is 38.2 Å².